The van der Waals surface area contributed by atoms with Gasteiger partial charge in [0.25, 0.3) is 0 Å². The zero-order valence-corrected chi connectivity index (χ0v) is 12.3. The number of H-pyrrole nitrogens is 1. The van der Waals surface area contributed by atoms with Crippen molar-refractivity contribution in [3.05, 3.63) is 46.4 Å². The quantitative estimate of drug-likeness (QED) is 0.739. The van der Waals surface area contributed by atoms with Crippen molar-refractivity contribution in [1.29, 1.82) is 0 Å². The van der Waals surface area contributed by atoms with Gasteiger partial charge in [0.1, 0.15) is 17.3 Å². The highest BCUT2D eigenvalue weighted by atomic mass is 35.5. The molecule has 2 heterocycles. The molecule has 20 heavy (non-hydrogen) atoms. The van der Waals surface area contributed by atoms with Crippen molar-refractivity contribution in [2.24, 2.45) is 0 Å². The first-order chi connectivity index (χ1) is 9.52. The lowest BCUT2D eigenvalue weighted by Gasteiger charge is -2.10. The predicted molar refractivity (Wildman–Crippen MR) is 82.8 cm³/mol. The lowest BCUT2D eigenvalue weighted by Crippen LogP contribution is -1.99. The molecule has 3 aromatic rings. The molecule has 0 saturated carbocycles. The largest absolute Gasteiger partial charge is 0.343 e. The molecule has 0 radical (unpaired) electrons. The second kappa shape index (κ2) is 4.80. The van der Waals surface area contributed by atoms with E-state index in [4.69, 9.17) is 11.6 Å². The third-order valence-corrected chi connectivity index (χ3v) is 3.42. The van der Waals surface area contributed by atoms with Crippen LogP contribution in [0.5, 0.6) is 0 Å². The Labute approximate surface area is 122 Å². The number of aryl methyl sites for hydroxylation is 3. The van der Waals surface area contributed by atoms with E-state index >= 15 is 0 Å². The Morgan fingerprint density at radius 1 is 1.10 bits per heavy atom. The van der Waals surface area contributed by atoms with E-state index in [0.29, 0.717) is 5.02 Å². The number of anilines is 2. The Hall–Kier alpha value is -2.07. The number of hydrogen-bond donors (Lipinski definition) is 2. The Morgan fingerprint density at radius 3 is 2.70 bits per heavy atom. The zero-order chi connectivity index (χ0) is 14.3. The summed E-state index contributed by atoms with van der Waals surface area (Å²) in [5.41, 5.74) is 3.98. The highest BCUT2D eigenvalue weighted by molar-refractivity contribution is 6.30. The van der Waals surface area contributed by atoms with Gasteiger partial charge in [0.15, 0.2) is 0 Å². The zero-order valence-electron chi connectivity index (χ0n) is 11.6. The molecule has 102 valence electrons. The summed E-state index contributed by atoms with van der Waals surface area (Å²) in [6.07, 6.45) is 0. The summed E-state index contributed by atoms with van der Waals surface area (Å²) in [5, 5.41) is 5.03. The van der Waals surface area contributed by atoms with E-state index in [9.17, 15) is 0 Å². The maximum absolute atomic E-state index is 6.06. The van der Waals surface area contributed by atoms with Crippen LogP contribution >= 0.6 is 11.6 Å². The van der Waals surface area contributed by atoms with E-state index in [-0.39, 0.29) is 0 Å². The second-order valence-corrected chi connectivity index (χ2v) is 5.35. The number of rotatable bonds is 2. The summed E-state index contributed by atoms with van der Waals surface area (Å²) in [5.74, 6) is 1.52. The lowest BCUT2D eigenvalue weighted by molar-refractivity contribution is 1.08. The van der Waals surface area contributed by atoms with Crippen LogP contribution in [0.15, 0.2) is 24.3 Å². The summed E-state index contributed by atoms with van der Waals surface area (Å²) in [4.78, 5) is 12.1. The minimum Gasteiger partial charge on any atom is -0.343 e. The summed E-state index contributed by atoms with van der Waals surface area (Å²) in [6, 6.07) is 7.80. The molecule has 5 heteroatoms. The normalized spacial score (nSPS) is 11.0. The van der Waals surface area contributed by atoms with Gasteiger partial charge in [-0.2, -0.15) is 0 Å². The van der Waals surface area contributed by atoms with Crippen LogP contribution in [0.1, 0.15) is 17.1 Å². The fourth-order valence-electron chi connectivity index (χ4n) is 2.20. The van der Waals surface area contributed by atoms with Gasteiger partial charge < -0.3 is 10.3 Å². The van der Waals surface area contributed by atoms with E-state index in [1.807, 2.05) is 45.0 Å². The molecule has 0 fully saturated rings. The van der Waals surface area contributed by atoms with Crippen molar-refractivity contribution in [2.75, 3.05) is 5.32 Å². The standard InChI is InChI=1S/C15H15ClN4/c1-8-4-5-11(16)7-13(8)20-15-12-6-9(2)17-14(12)18-10(3)19-15/h4-7H,1-3H3,(H2,17,18,19,20). The highest BCUT2D eigenvalue weighted by Crippen LogP contribution is 2.27. The van der Waals surface area contributed by atoms with Crippen LogP contribution in [0.3, 0.4) is 0 Å². The molecule has 2 N–H and O–H groups in total. The Morgan fingerprint density at radius 2 is 1.90 bits per heavy atom. The van der Waals surface area contributed by atoms with Crippen molar-refractivity contribution in [3.8, 4) is 0 Å². The molecule has 1 aromatic carbocycles. The second-order valence-electron chi connectivity index (χ2n) is 4.92. The summed E-state index contributed by atoms with van der Waals surface area (Å²) >= 11 is 6.06. The molecule has 0 amide bonds. The van der Waals surface area contributed by atoms with Crippen molar-refractivity contribution >= 4 is 34.1 Å². The fourth-order valence-corrected chi connectivity index (χ4v) is 2.38. The monoisotopic (exact) mass is 286 g/mol. The smallest absolute Gasteiger partial charge is 0.143 e. The molecule has 0 aliphatic carbocycles. The van der Waals surface area contributed by atoms with Gasteiger partial charge in [-0.3, -0.25) is 0 Å². The minimum atomic E-state index is 0.699. The van der Waals surface area contributed by atoms with Gasteiger partial charge in [-0.25, -0.2) is 9.97 Å². The van der Waals surface area contributed by atoms with Gasteiger partial charge in [-0.15, -0.1) is 0 Å². The van der Waals surface area contributed by atoms with E-state index < -0.39 is 0 Å². The molecule has 0 spiro atoms. The maximum Gasteiger partial charge on any atom is 0.143 e. The van der Waals surface area contributed by atoms with Gasteiger partial charge >= 0.3 is 0 Å². The molecule has 0 saturated heterocycles. The summed E-state index contributed by atoms with van der Waals surface area (Å²) < 4.78 is 0. The summed E-state index contributed by atoms with van der Waals surface area (Å²) in [6.45, 7) is 5.92. The van der Waals surface area contributed by atoms with Gasteiger partial charge in [0, 0.05) is 16.4 Å². The van der Waals surface area contributed by atoms with Gasteiger partial charge in [0.05, 0.1) is 5.39 Å². The van der Waals surface area contributed by atoms with E-state index in [1.165, 1.54) is 0 Å². The lowest BCUT2D eigenvalue weighted by atomic mass is 10.2. The molecular formula is C15H15ClN4. The van der Waals surface area contributed by atoms with Gasteiger partial charge in [-0.1, -0.05) is 17.7 Å². The SMILES string of the molecule is Cc1nc(Nc2cc(Cl)ccc2C)c2cc(C)[nH]c2n1. The fraction of sp³-hybridized carbons (Fsp3) is 0.200. The minimum absolute atomic E-state index is 0.699. The molecular weight excluding hydrogens is 272 g/mol. The van der Waals surface area contributed by atoms with E-state index in [0.717, 1.165) is 39.6 Å². The third-order valence-electron chi connectivity index (χ3n) is 3.19. The van der Waals surface area contributed by atoms with Crippen LogP contribution in [0.4, 0.5) is 11.5 Å². The van der Waals surface area contributed by atoms with Crippen molar-refractivity contribution in [2.45, 2.75) is 20.8 Å². The topological polar surface area (TPSA) is 53.6 Å². The molecule has 0 bridgehead atoms. The Balaban J connectivity index is 2.12. The number of nitrogens with one attached hydrogen (secondary N) is 2. The van der Waals surface area contributed by atoms with Gasteiger partial charge in [-0.05, 0) is 44.5 Å². The third kappa shape index (κ3) is 2.34. The van der Waals surface area contributed by atoms with Crippen LogP contribution in [-0.4, -0.2) is 15.0 Å². The molecule has 0 atom stereocenters. The first-order valence-electron chi connectivity index (χ1n) is 6.40. The first-order valence-corrected chi connectivity index (χ1v) is 6.78. The first kappa shape index (κ1) is 12.9. The van der Waals surface area contributed by atoms with E-state index in [1.54, 1.807) is 0 Å². The van der Waals surface area contributed by atoms with Crippen LogP contribution in [0.2, 0.25) is 5.02 Å². The van der Waals surface area contributed by atoms with Gasteiger partial charge in [0.2, 0.25) is 0 Å². The number of benzene rings is 1. The van der Waals surface area contributed by atoms with Crippen LogP contribution in [0, 0.1) is 20.8 Å². The number of fused-ring (bicyclic) bond motifs is 1. The molecule has 2 aromatic heterocycles. The van der Waals surface area contributed by atoms with Crippen LogP contribution in [-0.2, 0) is 0 Å². The molecule has 0 unspecified atom stereocenters. The highest BCUT2D eigenvalue weighted by Gasteiger charge is 2.10. The number of nitrogens with zero attached hydrogens (tertiary/aromatic N) is 2. The maximum atomic E-state index is 6.06. The average Bonchev–Trinajstić information content (AvgIpc) is 2.74. The Bertz CT molecular complexity index is 792. The van der Waals surface area contributed by atoms with E-state index in [2.05, 4.69) is 20.3 Å². The van der Waals surface area contributed by atoms with Crippen molar-refractivity contribution < 1.29 is 0 Å². The molecule has 0 aliphatic rings. The summed E-state index contributed by atoms with van der Waals surface area (Å²) in [7, 11) is 0. The molecule has 4 nitrogen and oxygen atoms in total. The number of aromatic nitrogens is 3. The molecule has 0 aliphatic heterocycles. The average molecular weight is 287 g/mol. The number of hydrogen-bond acceptors (Lipinski definition) is 3. The Kier molecular flexibility index (Phi) is 3.10. The van der Waals surface area contributed by atoms with Crippen molar-refractivity contribution in [1.82, 2.24) is 15.0 Å². The van der Waals surface area contributed by atoms with Crippen molar-refractivity contribution in [3.63, 3.8) is 0 Å². The predicted octanol–water partition coefficient (Wildman–Crippen LogP) is 4.28. The van der Waals surface area contributed by atoms with Crippen LogP contribution in [0.25, 0.3) is 11.0 Å². The molecule has 3 rings (SSSR count). The number of halogens is 1. The number of aromatic amines is 1. The van der Waals surface area contributed by atoms with Crippen LogP contribution < -0.4 is 5.32 Å².